The molecular weight excluding hydrogens is 276 g/mol. The van der Waals surface area contributed by atoms with Crippen LogP contribution < -0.4 is 11.1 Å². The van der Waals surface area contributed by atoms with E-state index in [9.17, 15) is 13.6 Å². The van der Waals surface area contributed by atoms with E-state index >= 15 is 0 Å². The Morgan fingerprint density at radius 1 is 1.32 bits per heavy atom. The molecule has 0 unspecified atom stereocenters. The molecule has 0 saturated carbocycles. The standard InChI is InChI=1S/C12H8ClF2N3O/c13-11-4-7(9(16)5-17-11)12(19)18-10-2-1-6(14)3-8(10)15/h1-5H,16H2,(H,18,19). The summed E-state index contributed by atoms with van der Waals surface area (Å²) in [6.45, 7) is 0. The second kappa shape index (κ2) is 5.19. The van der Waals surface area contributed by atoms with Crippen LogP contribution in [-0.2, 0) is 0 Å². The molecule has 4 nitrogen and oxygen atoms in total. The first-order valence-electron chi connectivity index (χ1n) is 5.15. The highest BCUT2D eigenvalue weighted by Gasteiger charge is 2.13. The van der Waals surface area contributed by atoms with Gasteiger partial charge in [-0.25, -0.2) is 13.8 Å². The lowest BCUT2D eigenvalue weighted by Crippen LogP contribution is -2.15. The Morgan fingerprint density at radius 3 is 2.74 bits per heavy atom. The lowest BCUT2D eigenvalue weighted by atomic mass is 10.2. The van der Waals surface area contributed by atoms with Crippen LogP contribution in [0.5, 0.6) is 0 Å². The number of carbonyl (C=O) groups is 1. The highest BCUT2D eigenvalue weighted by molar-refractivity contribution is 6.30. The van der Waals surface area contributed by atoms with E-state index in [0.717, 1.165) is 12.1 Å². The molecule has 3 N–H and O–H groups in total. The number of pyridine rings is 1. The normalized spacial score (nSPS) is 10.3. The van der Waals surface area contributed by atoms with Crippen molar-refractivity contribution in [2.45, 2.75) is 0 Å². The summed E-state index contributed by atoms with van der Waals surface area (Å²) in [6, 6.07) is 4.06. The van der Waals surface area contributed by atoms with Crippen molar-refractivity contribution in [3.63, 3.8) is 0 Å². The highest BCUT2D eigenvalue weighted by Crippen LogP contribution is 2.19. The quantitative estimate of drug-likeness (QED) is 0.833. The van der Waals surface area contributed by atoms with Crippen molar-refractivity contribution >= 4 is 28.9 Å². The van der Waals surface area contributed by atoms with Crippen molar-refractivity contribution in [2.24, 2.45) is 0 Å². The third kappa shape index (κ3) is 2.97. The molecule has 1 aromatic heterocycles. The molecule has 0 spiro atoms. The van der Waals surface area contributed by atoms with Crippen LogP contribution in [-0.4, -0.2) is 10.9 Å². The third-order valence-electron chi connectivity index (χ3n) is 2.33. The van der Waals surface area contributed by atoms with Crippen molar-refractivity contribution < 1.29 is 13.6 Å². The average molecular weight is 284 g/mol. The predicted molar refractivity (Wildman–Crippen MR) is 68.0 cm³/mol. The van der Waals surface area contributed by atoms with Gasteiger partial charge in [0.15, 0.2) is 0 Å². The average Bonchev–Trinajstić information content (AvgIpc) is 2.35. The largest absolute Gasteiger partial charge is 0.397 e. The first-order valence-corrected chi connectivity index (χ1v) is 5.52. The summed E-state index contributed by atoms with van der Waals surface area (Å²) in [4.78, 5) is 15.6. The second-order valence-electron chi connectivity index (χ2n) is 3.67. The number of nitrogens with zero attached hydrogens (tertiary/aromatic N) is 1. The Kier molecular flexibility index (Phi) is 3.62. The van der Waals surface area contributed by atoms with E-state index in [1.165, 1.54) is 12.3 Å². The molecule has 0 atom stereocenters. The van der Waals surface area contributed by atoms with Crippen LogP contribution in [0.4, 0.5) is 20.2 Å². The fourth-order valence-corrected chi connectivity index (χ4v) is 1.58. The number of hydrogen-bond acceptors (Lipinski definition) is 3. The number of halogens is 3. The molecule has 19 heavy (non-hydrogen) atoms. The number of amides is 1. The zero-order valence-electron chi connectivity index (χ0n) is 9.45. The van der Waals surface area contributed by atoms with E-state index in [4.69, 9.17) is 17.3 Å². The number of benzene rings is 1. The fourth-order valence-electron chi connectivity index (χ4n) is 1.42. The Bertz CT molecular complexity index is 649. The summed E-state index contributed by atoms with van der Waals surface area (Å²) in [5, 5.41) is 2.36. The van der Waals surface area contributed by atoms with Gasteiger partial charge < -0.3 is 11.1 Å². The molecular formula is C12H8ClF2N3O. The minimum atomic E-state index is -0.882. The second-order valence-corrected chi connectivity index (χ2v) is 4.06. The lowest BCUT2D eigenvalue weighted by Gasteiger charge is -2.08. The van der Waals surface area contributed by atoms with Crippen LogP contribution in [0, 0.1) is 11.6 Å². The molecule has 0 radical (unpaired) electrons. The zero-order valence-corrected chi connectivity index (χ0v) is 10.2. The van der Waals surface area contributed by atoms with E-state index in [2.05, 4.69) is 10.3 Å². The summed E-state index contributed by atoms with van der Waals surface area (Å²) in [5.41, 5.74) is 5.58. The molecule has 1 amide bonds. The maximum atomic E-state index is 13.4. The SMILES string of the molecule is Nc1cnc(Cl)cc1C(=O)Nc1ccc(F)cc1F. The Morgan fingerprint density at radius 2 is 2.05 bits per heavy atom. The van der Waals surface area contributed by atoms with Crippen LogP contribution >= 0.6 is 11.6 Å². The van der Waals surface area contributed by atoms with E-state index < -0.39 is 17.5 Å². The van der Waals surface area contributed by atoms with E-state index in [-0.39, 0.29) is 22.1 Å². The summed E-state index contributed by atoms with van der Waals surface area (Å²) < 4.78 is 26.1. The number of aromatic nitrogens is 1. The van der Waals surface area contributed by atoms with Gasteiger partial charge in [0.25, 0.3) is 5.91 Å². The molecule has 0 fully saturated rings. The highest BCUT2D eigenvalue weighted by atomic mass is 35.5. The third-order valence-corrected chi connectivity index (χ3v) is 2.53. The van der Waals surface area contributed by atoms with Crippen LogP contribution in [0.15, 0.2) is 30.5 Å². The van der Waals surface area contributed by atoms with E-state index in [1.54, 1.807) is 0 Å². The van der Waals surface area contributed by atoms with Gasteiger partial charge in [0.05, 0.1) is 23.1 Å². The molecule has 0 aliphatic carbocycles. The number of hydrogen-bond donors (Lipinski definition) is 2. The number of nitrogen functional groups attached to an aromatic ring is 1. The molecule has 2 rings (SSSR count). The van der Waals surface area contributed by atoms with Gasteiger partial charge >= 0.3 is 0 Å². The molecule has 1 aromatic carbocycles. The van der Waals surface area contributed by atoms with Crippen molar-refractivity contribution in [1.82, 2.24) is 4.98 Å². The summed E-state index contributed by atoms with van der Waals surface area (Å²) >= 11 is 5.65. The summed E-state index contributed by atoms with van der Waals surface area (Å²) in [5.74, 6) is -2.28. The first kappa shape index (κ1) is 13.2. The number of anilines is 2. The number of carbonyl (C=O) groups excluding carboxylic acids is 1. The van der Waals surface area contributed by atoms with Gasteiger partial charge in [-0.15, -0.1) is 0 Å². The fraction of sp³-hybridized carbons (Fsp3) is 0. The molecule has 7 heteroatoms. The summed E-state index contributed by atoms with van der Waals surface area (Å²) in [6.07, 6.45) is 1.22. The zero-order chi connectivity index (χ0) is 14.0. The Labute approximate surface area is 112 Å². The van der Waals surface area contributed by atoms with E-state index in [1.807, 2.05) is 0 Å². The Hall–Kier alpha value is -2.21. The van der Waals surface area contributed by atoms with E-state index in [0.29, 0.717) is 6.07 Å². The maximum absolute atomic E-state index is 13.4. The minimum absolute atomic E-state index is 0.0590. The van der Waals surface area contributed by atoms with Crippen LogP contribution in [0.1, 0.15) is 10.4 Å². The number of nitrogens with two attached hydrogens (primary N) is 1. The summed E-state index contributed by atoms with van der Waals surface area (Å²) in [7, 11) is 0. The maximum Gasteiger partial charge on any atom is 0.258 e. The molecule has 0 aliphatic heterocycles. The molecule has 1 heterocycles. The molecule has 2 aromatic rings. The van der Waals surface area contributed by atoms with Crippen molar-refractivity contribution in [1.29, 1.82) is 0 Å². The van der Waals surface area contributed by atoms with Crippen molar-refractivity contribution in [3.05, 3.63) is 52.8 Å². The topological polar surface area (TPSA) is 68.0 Å². The smallest absolute Gasteiger partial charge is 0.258 e. The predicted octanol–water partition coefficient (Wildman–Crippen LogP) is 2.85. The molecule has 0 saturated heterocycles. The monoisotopic (exact) mass is 283 g/mol. The van der Waals surface area contributed by atoms with Crippen LogP contribution in [0.25, 0.3) is 0 Å². The van der Waals surface area contributed by atoms with Crippen LogP contribution in [0.3, 0.4) is 0 Å². The van der Waals surface area contributed by atoms with Crippen molar-refractivity contribution in [3.8, 4) is 0 Å². The molecule has 98 valence electrons. The molecule has 0 bridgehead atoms. The van der Waals surface area contributed by atoms with Gasteiger partial charge in [0, 0.05) is 6.07 Å². The van der Waals surface area contributed by atoms with Gasteiger partial charge in [-0.3, -0.25) is 4.79 Å². The van der Waals surface area contributed by atoms with Gasteiger partial charge in [-0.05, 0) is 18.2 Å². The first-order chi connectivity index (χ1) is 8.97. The van der Waals surface area contributed by atoms with Crippen molar-refractivity contribution in [2.75, 3.05) is 11.1 Å². The number of rotatable bonds is 2. The Balaban J connectivity index is 2.28. The lowest BCUT2D eigenvalue weighted by molar-refractivity contribution is 0.102. The van der Waals surface area contributed by atoms with Gasteiger partial charge in [-0.2, -0.15) is 0 Å². The number of nitrogens with one attached hydrogen (secondary N) is 1. The van der Waals surface area contributed by atoms with Crippen LogP contribution in [0.2, 0.25) is 5.15 Å². The molecule has 0 aliphatic rings. The van der Waals surface area contributed by atoms with Gasteiger partial charge in [-0.1, -0.05) is 11.6 Å². The van der Waals surface area contributed by atoms with Gasteiger partial charge in [0.1, 0.15) is 16.8 Å². The minimum Gasteiger partial charge on any atom is -0.397 e. The van der Waals surface area contributed by atoms with Gasteiger partial charge in [0.2, 0.25) is 0 Å².